The first-order valence-electron chi connectivity index (χ1n) is 11.5. The highest BCUT2D eigenvalue weighted by atomic mass is 19.4. The largest absolute Gasteiger partial charge is 0.494 e. The summed E-state index contributed by atoms with van der Waals surface area (Å²) in [4.78, 5) is 4.02. The molecule has 1 aromatic carbocycles. The van der Waals surface area contributed by atoms with Crippen LogP contribution in [0.3, 0.4) is 0 Å². The van der Waals surface area contributed by atoms with E-state index in [2.05, 4.69) is 10.2 Å². The third kappa shape index (κ3) is 5.81. The molecule has 2 aliphatic rings. The molecule has 0 unspecified atom stereocenters. The molecular formula is C23H30F4N4O3. The van der Waals surface area contributed by atoms with Crippen molar-refractivity contribution in [3.8, 4) is 17.5 Å². The van der Waals surface area contributed by atoms with Crippen LogP contribution in [0.2, 0.25) is 0 Å². The van der Waals surface area contributed by atoms with E-state index in [-0.39, 0.29) is 17.5 Å². The van der Waals surface area contributed by atoms with Gasteiger partial charge in [0.2, 0.25) is 5.88 Å². The number of piperazine rings is 1. The zero-order chi connectivity index (χ0) is 24.5. The van der Waals surface area contributed by atoms with E-state index in [1.807, 2.05) is 4.90 Å². The monoisotopic (exact) mass is 486 g/mol. The summed E-state index contributed by atoms with van der Waals surface area (Å²) in [5, 5.41) is 24.2. The van der Waals surface area contributed by atoms with Crippen molar-refractivity contribution in [3.05, 3.63) is 29.6 Å². The van der Waals surface area contributed by atoms with Gasteiger partial charge in [-0.1, -0.05) is 0 Å². The van der Waals surface area contributed by atoms with Gasteiger partial charge in [0.15, 0.2) is 12.5 Å². The standard InChI is InChI=1S/C23H30F4N4O3/c1-15-20(28-17-4-5-17)22(33)31(21(15)32)8-2-7-29-9-11-30(12-10-29)18-13-16(24)3-6-19(18)34-14-23(25,26)27/h3,6,13,17,28,32-33H,2,4-5,7-12,14H2,1H3. The number of rotatable bonds is 9. The van der Waals surface area contributed by atoms with Gasteiger partial charge in [-0.05, 0) is 44.9 Å². The van der Waals surface area contributed by atoms with E-state index in [1.54, 1.807) is 6.92 Å². The Kier molecular flexibility index (Phi) is 7.01. The van der Waals surface area contributed by atoms with Crippen molar-refractivity contribution >= 4 is 11.4 Å². The van der Waals surface area contributed by atoms with Gasteiger partial charge in [0.1, 0.15) is 17.3 Å². The van der Waals surface area contributed by atoms with Crippen molar-refractivity contribution in [1.82, 2.24) is 9.47 Å². The van der Waals surface area contributed by atoms with Crippen LogP contribution in [-0.2, 0) is 6.54 Å². The number of anilines is 2. The summed E-state index contributed by atoms with van der Waals surface area (Å²) in [5.74, 6) is -0.419. The topological polar surface area (TPSA) is 73.1 Å². The van der Waals surface area contributed by atoms with Crippen LogP contribution in [0.1, 0.15) is 24.8 Å². The van der Waals surface area contributed by atoms with Gasteiger partial charge in [-0.2, -0.15) is 13.2 Å². The molecule has 1 aliphatic carbocycles. The Hall–Kier alpha value is -2.82. The lowest BCUT2D eigenvalue weighted by molar-refractivity contribution is -0.153. The number of nitrogens with zero attached hydrogens (tertiary/aromatic N) is 3. The van der Waals surface area contributed by atoms with Crippen LogP contribution < -0.4 is 15.0 Å². The lowest BCUT2D eigenvalue weighted by atomic mass is 10.2. The maximum absolute atomic E-state index is 13.8. The fourth-order valence-electron chi connectivity index (χ4n) is 4.22. The molecule has 1 saturated carbocycles. The van der Waals surface area contributed by atoms with E-state index < -0.39 is 18.6 Å². The summed E-state index contributed by atoms with van der Waals surface area (Å²) in [5.41, 5.74) is 1.54. The number of aromatic nitrogens is 1. The van der Waals surface area contributed by atoms with Crippen molar-refractivity contribution < 1.29 is 32.5 Å². The zero-order valence-corrected chi connectivity index (χ0v) is 19.0. The first-order chi connectivity index (χ1) is 16.1. The van der Waals surface area contributed by atoms with Gasteiger partial charge >= 0.3 is 6.18 Å². The number of benzene rings is 1. The molecule has 1 aromatic heterocycles. The van der Waals surface area contributed by atoms with Crippen molar-refractivity contribution in [1.29, 1.82) is 0 Å². The second-order valence-electron chi connectivity index (χ2n) is 8.92. The fraction of sp³-hybridized carbons (Fsp3) is 0.565. The highest BCUT2D eigenvalue weighted by Gasteiger charge is 2.30. The van der Waals surface area contributed by atoms with Crippen molar-refractivity contribution in [2.75, 3.05) is 49.5 Å². The van der Waals surface area contributed by atoms with Gasteiger partial charge in [-0.3, -0.25) is 9.47 Å². The molecular weight excluding hydrogens is 456 g/mol. The molecule has 0 radical (unpaired) electrons. The van der Waals surface area contributed by atoms with Crippen LogP contribution in [0.4, 0.5) is 28.9 Å². The summed E-state index contributed by atoms with van der Waals surface area (Å²) in [6.07, 6.45) is -1.66. The Morgan fingerprint density at radius 2 is 1.76 bits per heavy atom. The maximum Gasteiger partial charge on any atom is 0.422 e. The number of halogens is 4. The molecule has 2 fully saturated rings. The first kappa shape index (κ1) is 24.3. The van der Waals surface area contributed by atoms with Gasteiger partial charge in [0.05, 0.1) is 5.69 Å². The van der Waals surface area contributed by atoms with E-state index in [1.165, 1.54) is 16.7 Å². The van der Waals surface area contributed by atoms with Gasteiger partial charge < -0.3 is 25.2 Å². The summed E-state index contributed by atoms with van der Waals surface area (Å²) in [6.45, 7) is 3.83. The van der Waals surface area contributed by atoms with Crippen molar-refractivity contribution in [2.24, 2.45) is 0 Å². The summed E-state index contributed by atoms with van der Waals surface area (Å²) in [7, 11) is 0. The van der Waals surface area contributed by atoms with E-state index in [0.29, 0.717) is 62.1 Å². The molecule has 0 bridgehead atoms. The average Bonchev–Trinajstić information content (AvgIpc) is 3.59. The second kappa shape index (κ2) is 9.81. The molecule has 2 aromatic rings. The lowest BCUT2D eigenvalue weighted by Crippen LogP contribution is -2.47. The third-order valence-electron chi connectivity index (χ3n) is 6.25. The molecule has 3 N–H and O–H groups in total. The molecule has 1 saturated heterocycles. The lowest BCUT2D eigenvalue weighted by Gasteiger charge is -2.36. The molecule has 0 amide bonds. The molecule has 4 rings (SSSR count). The van der Waals surface area contributed by atoms with E-state index in [0.717, 1.165) is 25.5 Å². The normalized spacial score (nSPS) is 17.3. The smallest absolute Gasteiger partial charge is 0.422 e. The molecule has 7 nitrogen and oxygen atoms in total. The van der Waals surface area contributed by atoms with Crippen LogP contribution in [0.15, 0.2) is 18.2 Å². The summed E-state index contributed by atoms with van der Waals surface area (Å²) >= 11 is 0. The van der Waals surface area contributed by atoms with Crippen LogP contribution in [0.25, 0.3) is 0 Å². The predicted molar refractivity (Wildman–Crippen MR) is 120 cm³/mol. The van der Waals surface area contributed by atoms with Crippen molar-refractivity contribution in [3.63, 3.8) is 0 Å². The number of nitrogens with one attached hydrogen (secondary N) is 1. The molecule has 0 spiro atoms. The zero-order valence-electron chi connectivity index (χ0n) is 19.0. The van der Waals surface area contributed by atoms with E-state index in [9.17, 15) is 27.8 Å². The maximum atomic E-state index is 13.8. The van der Waals surface area contributed by atoms with E-state index >= 15 is 0 Å². The molecule has 188 valence electrons. The number of alkyl halides is 3. The number of ether oxygens (including phenoxy) is 1. The van der Waals surface area contributed by atoms with Crippen LogP contribution in [-0.4, -0.2) is 71.2 Å². The highest BCUT2D eigenvalue weighted by Crippen LogP contribution is 2.40. The van der Waals surface area contributed by atoms with Crippen LogP contribution >= 0.6 is 0 Å². The summed E-state index contributed by atoms with van der Waals surface area (Å²) < 4.78 is 57.9. The van der Waals surface area contributed by atoms with Crippen LogP contribution in [0.5, 0.6) is 17.5 Å². The van der Waals surface area contributed by atoms with Gasteiger partial charge in [0.25, 0.3) is 0 Å². The van der Waals surface area contributed by atoms with E-state index in [4.69, 9.17) is 4.74 Å². The predicted octanol–water partition coefficient (Wildman–Crippen LogP) is 4.07. The molecule has 11 heteroatoms. The molecule has 2 heterocycles. The Balaban J connectivity index is 1.29. The quantitative estimate of drug-likeness (QED) is 0.464. The third-order valence-corrected chi connectivity index (χ3v) is 6.25. The molecule has 1 aliphatic heterocycles. The Morgan fingerprint density at radius 3 is 2.41 bits per heavy atom. The minimum Gasteiger partial charge on any atom is -0.494 e. The Bertz CT molecular complexity index is 999. The minimum absolute atomic E-state index is 0.0108. The van der Waals surface area contributed by atoms with Crippen LogP contribution in [0, 0.1) is 12.7 Å². The Labute approximate surface area is 195 Å². The first-order valence-corrected chi connectivity index (χ1v) is 11.5. The molecule has 0 atom stereocenters. The number of hydrogen-bond acceptors (Lipinski definition) is 6. The van der Waals surface area contributed by atoms with Gasteiger partial charge in [-0.15, -0.1) is 0 Å². The highest BCUT2D eigenvalue weighted by molar-refractivity contribution is 5.65. The minimum atomic E-state index is -4.47. The number of aromatic hydroxyl groups is 2. The fourth-order valence-corrected chi connectivity index (χ4v) is 4.22. The van der Waals surface area contributed by atoms with Gasteiger partial charge in [0, 0.05) is 50.4 Å². The molecule has 34 heavy (non-hydrogen) atoms. The Morgan fingerprint density at radius 1 is 1.06 bits per heavy atom. The second-order valence-corrected chi connectivity index (χ2v) is 8.92. The SMILES string of the molecule is Cc1c(NC2CC2)c(O)n(CCCN2CCN(c3cc(F)ccc3OCC(F)(F)F)CC2)c1O. The van der Waals surface area contributed by atoms with Crippen molar-refractivity contribution in [2.45, 2.75) is 44.9 Å². The summed E-state index contributed by atoms with van der Waals surface area (Å²) in [6, 6.07) is 3.88. The number of hydrogen-bond donors (Lipinski definition) is 3. The van der Waals surface area contributed by atoms with Gasteiger partial charge in [-0.25, -0.2) is 4.39 Å². The average molecular weight is 487 g/mol.